The number of likely N-dealkylation sites (N-methyl/N-ethyl adjacent to an activating group) is 1. The van der Waals surface area contributed by atoms with Gasteiger partial charge in [-0.25, -0.2) is 0 Å². The van der Waals surface area contributed by atoms with Crippen molar-refractivity contribution in [3.63, 3.8) is 0 Å². The highest BCUT2D eigenvalue weighted by Gasteiger charge is 2.33. The molecule has 0 aromatic heterocycles. The van der Waals surface area contributed by atoms with Gasteiger partial charge in [0.25, 0.3) is 0 Å². The first kappa shape index (κ1) is 5.69. The lowest BCUT2D eigenvalue weighted by Gasteiger charge is -2.07. The van der Waals surface area contributed by atoms with Gasteiger partial charge in [-0.1, -0.05) is 0 Å². The van der Waals surface area contributed by atoms with Crippen LogP contribution in [0.15, 0.2) is 0 Å². The normalized spacial score (nSPS) is 43.7. The van der Waals surface area contributed by atoms with Crippen molar-refractivity contribution in [2.45, 2.75) is 12.5 Å². The number of fused-ring (bicyclic) bond motifs is 1. The minimum Gasteiger partial charge on any atom is -0.312 e. The minimum absolute atomic E-state index is 0.829. The summed E-state index contributed by atoms with van der Waals surface area (Å²) in [6.45, 7) is 3.84. The van der Waals surface area contributed by atoms with Crippen molar-refractivity contribution in [2.24, 2.45) is 5.92 Å². The molecular formula is C7H14N2. The molecule has 0 aliphatic carbocycles. The summed E-state index contributed by atoms with van der Waals surface area (Å²) in [5, 5.41) is 3.51. The van der Waals surface area contributed by atoms with E-state index in [4.69, 9.17) is 0 Å². The molecule has 0 aromatic rings. The van der Waals surface area contributed by atoms with E-state index in [0.29, 0.717) is 0 Å². The van der Waals surface area contributed by atoms with Crippen molar-refractivity contribution in [3.8, 4) is 0 Å². The van der Waals surface area contributed by atoms with Crippen LogP contribution in [0.3, 0.4) is 0 Å². The molecule has 2 aliphatic heterocycles. The van der Waals surface area contributed by atoms with Gasteiger partial charge in [-0.15, -0.1) is 0 Å². The molecule has 2 heteroatoms. The molecule has 2 unspecified atom stereocenters. The van der Waals surface area contributed by atoms with E-state index in [1.807, 2.05) is 0 Å². The molecule has 2 heterocycles. The van der Waals surface area contributed by atoms with Crippen molar-refractivity contribution in [1.29, 1.82) is 0 Å². The van der Waals surface area contributed by atoms with Crippen molar-refractivity contribution < 1.29 is 0 Å². The molecule has 1 N–H and O–H groups in total. The Balaban J connectivity index is 2.02. The molecule has 0 bridgehead atoms. The molecule has 0 amide bonds. The summed E-state index contributed by atoms with van der Waals surface area (Å²) in [4.78, 5) is 2.42. The number of hydrogen-bond donors (Lipinski definition) is 1. The fourth-order valence-electron chi connectivity index (χ4n) is 2.06. The zero-order chi connectivity index (χ0) is 6.27. The summed E-state index contributed by atoms with van der Waals surface area (Å²) in [7, 11) is 2.21. The highest BCUT2D eigenvalue weighted by molar-refractivity contribution is 4.92. The monoisotopic (exact) mass is 126 g/mol. The van der Waals surface area contributed by atoms with E-state index in [0.717, 1.165) is 12.0 Å². The molecule has 0 saturated carbocycles. The van der Waals surface area contributed by atoms with Crippen LogP contribution in [0.5, 0.6) is 0 Å². The van der Waals surface area contributed by atoms with Crippen LogP contribution in [0.25, 0.3) is 0 Å². The molecule has 52 valence electrons. The Kier molecular flexibility index (Phi) is 1.24. The topological polar surface area (TPSA) is 15.3 Å². The highest BCUT2D eigenvalue weighted by Crippen LogP contribution is 2.22. The second-order valence-corrected chi connectivity index (χ2v) is 3.33. The van der Waals surface area contributed by atoms with Crippen molar-refractivity contribution >= 4 is 0 Å². The number of likely N-dealkylation sites (tertiary alicyclic amines) is 1. The van der Waals surface area contributed by atoms with E-state index in [1.165, 1.54) is 26.1 Å². The van der Waals surface area contributed by atoms with Crippen LogP contribution >= 0.6 is 0 Å². The smallest absolute Gasteiger partial charge is 0.0235 e. The van der Waals surface area contributed by atoms with Gasteiger partial charge in [0, 0.05) is 19.1 Å². The SMILES string of the molecule is CN1CC2CCNC2C1. The summed E-state index contributed by atoms with van der Waals surface area (Å²) >= 11 is 0. The standard InChI is InChI=1S/C7H14N2/c1-9-4-6-2-3-8-7(6)5-9/h6-8H,2-5H2,1H3. The molecule has 2 fully saturated rings. The Morgan fingerprint density at radius 1 is 1.44 bits per heavy atom. The Bertz CT molecular complexity index is 101. The van der Waals surface area contributed by atoms with Gasteiger partial charge in [-0.3, -0.25) is 0 Å². The van der Waals surface area contributed by atoms with Gasteiger partial charge in [-0.05, 0) is 25.9 Å². The number of hydrogen-bond acceptors (Lipinski definition) is 2. The predicted octanol–water partition coefficient (Wildman–Crippen LogP) is -0.0901. The van der Waals surface area contributed by atoms with Crippen LogP contribution in [0.1, 0.15) is 6.42 Å². The van der Waals surface area contributed by atoms with Crippen LogP contribution in [0.4, 0.5) is 0 Å². The molecule has 0 spiro atoms. The van der Waals surface area contributed by atoms with Crippen molar-refractivity contribution in [2.75, 3.05) is 26.7 Å². The summed E-state index contributed by atoms with van der Waals surface area (Å²) in [6.07, 6.45) is 1.40. The molecule has 2 aliphatic rings. The fraction of sp³-hybridized carbons (Fsp3) is 1.00. The molecule has 2 nitrogen and oxygen atoms in total. The summed E-state index contributed by atoms with van der Waals surface area (Å²) in [5.74, 6) is 0.968. The summed E-state index contributed by atoms with van der Waals surface area (Å²) < 4.78 is 0. The zero-order valence-electron chi connectivity index (χ0n) is 5.93. The van der Waals surface area contributed by atoms with Crippen LogP contribution in [0, 0.1) is 5.92 Å². The van der Waals surface area contributed by atoms with Gasteiger partial charge in [0.05, 0.1) is 0 Å². The Labute approximate surface area is 56.2 Å². The van der Waals surface area contributed by atoms with E-state index in [1.54, 1.807) is 0 Å². The van der Waals surface area contributed by atoms with Gasteiger partial charge in [0.15, 0.2) is 0 Å². The third kappa shape index (κ3) is 0.864. The first-order valence-electron chi connectivity index (χ1n) is 3.78. The average molecular weight is 126 g/mol. The minimum atomic E-state index is 0.829. The predicted molar refractivity (Wildman–Crippen MR) is 37.4 cm³/mol. The number of nitrogens with one attached hydrogen (secondary N) is 1. The van der Waals surface area contributed by atoms with Gasteiger partial charge >= 0.3 is 0 Å². The van der Waals surface area contributed by atoms with E-state index in [2.05, 4.69) is 17.3 Å². The molecule has 0 aromatic carbocycles. The lowest BCUT2D eigenvalue weighted by Crippen LogP contribution is -2.28. The van der Waals surface area contributed by atoms with E-state index < -0.39 is 0 Å². The van der Waals surface area contributed by atoms with Gasteiger partial charge in [0.1, 0.15) is 0 Å². The third-order valence-corrected chi connectivity index (χ3v) is 2.55. The maximum atomic E-state index is 3.51. The van der Waals surface area contributed by atoms with Gasteiger partial charge < -0.3 is 10.2 Å². The quantitative estimate of drug-likeness (QED) is 0.488. The maximum absolute atomic E-state index is 3.51. The molecule has 9 heavy (non-hydrogen) atoms. The third-order valence-electron chi connectivity index (χ3n) is 2.55. The average Bonchev–Trinajstić information content (AvgIpc) is 2.22. The zero-order valence-corrected chi connectivity index (χ0v) is 5.93. The maximum Gasteiger partial charge on any atom is 0.0235 e. The molecule has 2 saturated heterocycles. The van der Waals surface area contributed by atoms with Crippen molar-refractivity contribution in [1.82, 2.24) is 10.2 Å². The largest absolute Gasteiger partial charge is 0.312 e. The molecule has 2 atom stereocenters. The first-order chi connectivity index (χ1) is 4.36. The second-order valence-electron chi connectivity index (χ2n) is 3.33. The van der Waals surface area contributed by atoms with Crippen molar-refractivity contribution in [3.05, 3.63) is 0 Å². The Hall–Kier alpha value is -0.0800. The van der Waals surface area contributed by atoms with E-state index in [9.17, 15) is 0 Å². The highest BCUT2D eigenvalue weighted by atomic mass is 15.2. The first-order valence-corrected chi connectivity index (χ1v) is 3.78. The molecule has 2 rings (SSSR count). The lowest BCUT2D eigenvalue weighted by atomic mass is 10.1. The van der Waals surface area contributed by atoms with Gasteiger partial charge in [-0.2, -0.15) is 0 Å². The lowest BCUT2D eigenvalue weighted by molar-refractivity contribution is 0.382. The van der Waals surface area contributed by atoms with Crippen LogP contribution in [0.2, 0.25) is 0 Å². The summed E-state index contributed by atoms with van der Waals surface area (Å²) in [5.41, 5.74) is 0. The van der Waals surface area contributed by atoms with E-state index in [-0.39, 0.29) is 0 Å². The summed E-state index contributed by atoms with van der Waals surface area (Å²) in [6, 6.07) is 0.829. The van der Waals surface area contributed by atoms with E-state index >= 15 is 0 Å². The number of nitrogens with zero attached hydrogens (tertiary/aromatic N) is 1. The fourth-order valence-corrected chi connectivity index (χ4v) is 2.06. The molecular weight excluding hydrogens is 112 g/mol. The second kappa shape index (κ2) is 1.96. The number of rotatable bonds is 0. The molecule has 0 radical (unpaired) electrons. The Morgan fingerprint density at radius 3 is 3.11 bits per heavy atom. The van der Waals surface area contributed by atoms with Crippen LogP contribution < -0.4 is 5.32 Å². The van der Waals surface area contributed by atoms with Crippen LogP contribution in [-0.4, -0.2) is 37.6 Å². The Morgan fingerprint density at radius 2 is 2.33 bits per heavy atom. The van der Waals surface area contributed by atoms with Crippen LogP contribution in [-0.2, 0) is 0 Å². The van der Waals surface area contributed by atoms with Gasteiger partial charge in [0.2, 0.25) is 0 Å².